The molecule has 0 aliphatic heterocycles. The first-order valence-electron chi connectivity index (χ1n) is 6.49. The van der Waals surface area contributed by atoms with Crippen LogP contribution in [0, 0.1) is 0 Å². The number of unbranched alkanes of at least 4 members (excludes halogenated alkanes) is 6. The lowest BCUT2D eigenvalue weighted by Gasteiger charge is -2.11. The molecule has 0 saturated heterocycles. The van der Waals surface area contributed by atoms with E-state index in [0.29, 0.717) is 7.92 Å². The molecule has 0 atom stereocenters. The third-order valence-electron chi connectivity index (χ3n) is 2.79. The van der Waals surface area contributed by atoms with E-state index in [4.69, 9.17) is 0 Å². The van der Waals surface area contributed by atoms with Crippen molar-refractivity contribution in [3.8, 4) is 0 Å². The summed E-state index contributed by atoms with van der Waals surface area (Å²) in [6.45, 7) is 7.08. The lowest BCUT2D eigenvalue weighted by Crippen LogP contribution is -1.90. The third-order valence-corrected chi connectivity index (χ3v) is 4.95. The summed E-state index contributed by atoms with van der Waals surface area (Å²) >= 11 is 0. The van der Waals surface area contributed by atoms with E-state index in [1.807, 2.05) is 0 Å². The van der Waals surface area contributed by atoms with Crippen molar-refractivity contribution in [2.45, 2.75) is 65.2 Å². The van der Waals surface area contributed by atoms with Crippen LogP contribution in [0.3, 0.4) is 0 Å². The van der Waals surface area contributed by atoms with Crippen LogP contribution in [0.5, 0.6) is 0 Å². The molecule has 0 rings (SSSR count). The van der Waals surface area contributed by atoms with E-state index in [1.165, 1.54) is 63.7 Å². The molecule has 0 bridgehead atoms. The van der Waals surface area contributed by atoms with E-state index in [1.54, 1.807) is 0 Å². The van der Waals surface area contributed by atoms with Crippen molar-refractivity contribution >= 4 is 7.92 Å². The molecule has 14 heavy (non-hydrogen) atoms. The fourth-order valence-corrected chi connectivity index (χ4v) is 3.48. The molecule has 0 spiro atoms. The van der Waals surface area contributed by atoms with Gasteiger partial charge in [0, 0.05) is 0 Å². The summed E-state index contributed by atoms with van der Waals surface area (Å²) < 4.78 is 0. The van der Waals surface area contributed by atoms with Crippen LogP contribution in [-0.4, -0.2) is 19.0 Å². The molecule has 0 heterocycles. The van der Waals surface area contributed by atoms with Crippen molar-refractivity contribution < 1.29 is 0 Å². The standard InChI is InChI=1S/C13H29P/c1-4-6-8-10-12-14(3)13-11-9-7-5-2/h4-13H2,1-3H3. The first kappa shape index (κ1) is 14.4. The second-order valence-electron chi connectivity index (χ2n) is 4.42. The summed E-state index contributed by atoms with van der Waals surface area (Å²) in [5.41, 5.74) is 0. The van der Waals surface area contributed by atoms with E-state index in [-0.39, 0.29) is 0 Å². The fraction of sp³-hybridized carbons (Fsp3) is 1.00. The van der Waals surface area contributed by atoms with Crippen molar-refractivity contribution in [2.24, 2.45) is 0 Å². The fourth-order valence-electron chi connectivity index (χ4n) is 1.73. The van der Waals surface area contributed by atoms with Gasteiger partial charge in [0.25, 0.3) is 0 Å². The Hall–Kier alpha value is 0.430. The van der Waals surface area contributed by atoms with Crippen LogP contribution in [0.15, 0.2) is 0 Å². The van der Waals surface area contributed by atoms with Crippen LogP contribution >= 0.6 is 7.92 Å². The minimum atomic E-state index is 0.386. The molecule has 0 radical (unpaired) electrons. The second-order valence-corrected chi connectivity index (χ2v) is 7.03. The summed E-state index contributed by atoms with van der Waals surface area (Å²) in [6.07, 6.45) is 14.6. The monoisotopic (exact) mass is 216 g/mol. The van der Waals surface area contributed by atoms with Gasteiger partial charge in [0.05, 0.1) is 0 Å². The normalized spacial score (nSPS) is 11.1. The van der Waals surface area contributed by atoms with Gasteiger partial charge in [-0.3, -0.25) is 0 Å². The zero-order chi connectivity index (χ0) is 10.6. The van der Waals surface area contributed by atoms with Crippen molar-refractivity contribution in [3.63, 3.8) is 0 Å². The Balaban J connectivity index is 3.07. The summed E-state index contributed by atoms with van der Waals surface area (Å²) in [5.74, 6) is 0. The summed E-state index contributed by atoms with van der Waals surface area (Å²) in [4.78, 5) is 0. The van der Waals surface area contributed by atoms with E-state index in [0.717, 1.165) is 0 Å². The smallest absolute Gasteiger partial charge is 0.0328 e. The van der Waals surface area contributed by atoms with Gasteiger partial charge in [0.1, 0.15) is 0 Å². The molecule has 0 aromatic rings. The molecule has 1 heteroatoms. The molecule has 0 unspecified atom stereocenters. The minimum Gasteiger partial charge on any atom is -0.110 e. The molecule has 0 amide bonds. The number of hydrogen-bond acceptors (Lipinski definition) is 0. The second kappa shape index (κ2) is 11.5. The number of rotatable bonds is 10. The highest BCUT2D eigenvalue weighted by Gasteiger charge is 2.00. The van der Waals surface area contributed by atoms with Gasteiger partial charge < -0.3 is 0 Å². The maximum atomic E-state index is 2.49. The van der Waals surface area contributed by atoms with Crippen LogP contribution in [0.2, 0.25) is 0 Å². The maximum absolute atomic E-state index is 2.49. The van der Waals surface area contributed by atoms with Gasteiger partial charge in [-0.1, -0.05) is 52.4 Å². The van der Waals surface area contributed by atoms with Crippen LogP contribution in [-0.2, 0) is 0 Å². The average molecular weight is 216 g/mol. The predicted molar refractivity (Wildman–Crippen MR) is 70.9 cm³/mol. The Bertz CT molecular complexity index is 89.4. The van der Waals surface area contributed by atoms with Gasteiger partial charge >= 0.3 is 0 Å². The Labute approximate surface area is 92.6 Å². The average Bonchev–Trinajstić information content (AvgIpc) is 2.19. The highest BCUT2D eigenvalue weighted by atomic mass is 31.1. The Morgan fingerprint density at radius 2 is 1.07 bits per heavy atom. The quantitative estimate of drug-likeness (QED) is 0.345. The molecular formula is C13H29P. The van der Waals surface area contributed by atoms with Crippen molar-refractivity contribution in [2.75, 3.05) is 19.0 Å². The van der Waals surface area contributed by atoms with Crippen LogP contribution < -0.4 is 0 Å². The minimum absolute atomic E-state index is 0.386. The van der Waals surface area contributed by atoms with Crippen LogP contribution in [0.25, 0.3) is 0 Å². The van der Waals surface area contributed by atoms with E-state index >= 15 is 0 Å². The third kappa shape index (κ3) is 10.5. The zero-order valence-corrected chi connectivity index (χ0v) is 11.4. The Morgan fingerprint density at radius 3 is 1.43 bits per heavy atom. The SMILES string of the molecule is CCCCCCP(C)CCCCCC. The van der Waals surface area contributed by atoms with Gasteiger partial charge in [-0.2, -0.15) is 0 Å². The van der Waals surface area contributed by atoms with Gasteiger partial charge in [-0.25, -0.2) is 0 Å². The summed E-state index contributed by atoms with van der Waals surface area (Å²) in [6, 6.07) is 0. The lowest BCUT2D eigenvalue weighted by molar-refractivity contribution is 0.696. The van der Waals surface area contributed by atoms with Crippen LogP contribution in [0.1, 0.15) is 65.2 Å². The first-order chi connectivity index (χ1) is 6.81. The first-order valence-corrected chi connectivity index (χ1v) is 8.65. The molecule has 0 nitrogen and oxygen atoms in total. The molecule has 0 fully saturated rings. The highest BCUT2D eigenvalue weighted by Crippen LogP contribution is 2.33. The topological polar surface area (TPSA) is 0 Å². The van der Waals surface area contributed by atoms with Gasteiger partial charge in [0.2, 0.25) is 0 Å². The number of hydrogen-bond donors (Lipinski definition) is 0. The molecule has 86 valence electrons. The van der Waals surface area contributed by atoms with Gasteiger partial charge in [-0.15, -0.1) is 7.92 Å². The van der Waals surface area contributed by atoms with E-state index < -0.39 is 0 Å². The Kier molecular flexibility index (Phi) is 11.9. The lowest BCUT2D eigenvalue weighted by atomic mass is 10.2. The largest absolute Gasteiger partial charge is 0.110 e. The molecular weight excluding hydrogens is 187 g/mol. The van der Waals surface area contributed by atoms with Crippen molar-refractivity contribution in [1.82, 2.24) is 0 Å². The summed E-state index contributed by atoms with van der Waals surface area (Å²) in [7, 11) is 0.386. The van der Waals surface area contributed by atoms with Gasteiger partial charge in [0.15, 0.2) is 0 Å². The molecule has 0 saturated carbocycles. The summed E-state index contributed by atoms with van der Waals surface area (Å²) in [5, 5.41) is 0. The Morgan fingerprint density at radius 1 is 0.643 bits per heavy atom. The van der Waals surface area contributed by atoms with E-state index in [2.05, 4.69) is 20.5 Å². The van der Waals surface area contributed by atoms with Crippen molar-refractivity contribution in [3.05, 3.63) is 0 Å². The zero-order valence-electron chi connectivity index (χ0n) is 10.5. The molecule has 0 aliphatic rings. The van der Waals surface area contributed by atoms with Crippen molar-refractivity contribution in [1.29, 1.82) is 0 Å². The molecule has 0 aromatic carbocycles. The van der Waals surface area contributed by atoms with Crippen LogP contribution in [0.4, 0.5) is 0 Å². The highest BCUT2D eigenvalue weighted by molar-refractivity contribution is 7.56. The maximum Gasteiger partial charge on any atom is -0.0328 e. The molecule has 0 aliphatic carbocycles. The van der Waals surface area contributed by atoms with E-state index in [9.17, 15) is 0 Å². The predicted octanol–water partition coefficient (Wildman–Crippen LogP) is 5.26. The molecule has 0 aromatic heterocycles. The van der Waals surface area contributed by atoms with Gasteiger partial charge in [-0.05, 0) is 31.8 Å². The molecule has 0 N–H and O–H groups in total.